The number of hydrogen-bond acceptors (Lipinski definition) is 3. The van der Waals surface area contributed by atoms with Crippen LogP contribution < -0.4 is 0 Å². The van der Waals surface area contributed by atoms with E-state index in [0.29, 0.717) is 12.5 Å². The molecular formula is C29H30N4O. The van der Waals surface area contributed by atoms with Gasteiger partial charge in [-0.2, -0.15) is 5.10 Å². The van der Waals surface area contributed by atoms with Crippen LogP contribution in [-0.2, 0) is 13.0 Å². The minimum absolute atomic E-state index is 0.113. The summed E-state index contributed by atoms with van der Waals surface area (Å²) in [5.74, 6) is 0.502. The molecule has 1 fully saturated rings. The van der Waals surface area contributed by atoms with Crippen LogP contribution in [0.25, 0.3) is 0 Å². The molecule has 34 heavy (non-hydrogen) atoms. The number of aryl methyl sites for hydroxylation is 1. The number of hydrogen-bond donors (Lipinski definition) is 0. The number of benzene rings is 2. The summed E-state index contributed by atoms with van der Waals surface area (Å²) in [6, 6.07) is 24.7. The number of carbonyl (C=O) groups excluding carboxylic acids is 1. The summed E-state index contributed by atoms with van der Waals surface area (Å²) >= 11 is 0. The molecule has 0 radical (unpaired) electrons. The van der Waals surface area contributed by atoms with Gasteiger partial charge in [-0.25, -0.2) is 0 Å². The largest absolute Gasteiger partial charge is 0.339 e. The van der Waals surface area contributed by atoms with Crippen molar-refractivity contribution < 1.29 is 4.79 Å². The Morgan fingerprint density at radius 2 is 1.68 bits per heavy atom. The lowest BCUT2D eigenvalue weighted by atomic mass is 9.92. The van der Waals surface area contributed by atoms with Crippen molar-refractivity contribution in [3.05, 3.63) is 119 Å². The van der Waals surface area contributed by atoms with Crippen molar-refractivity contribution in [3.63, 3.8) is 0 Å². The van der Waals surface area contributed by atoms with Crippen molar-refractivity contribution in [2.24, 2.45) is 0 Å². The van der Waals surface area contributed by atoms with Crippen LogP contribution in [0.4, 0.5) is 0 Å². The second-order valence-corrected chi connectivity index (χ2v) is 9.08. The predicted octanol–water partition coefficient (Wildman–Crippen LogP) is 5.25. The topological polar surface area (TPSA) is 51.0 Å². The lowest BCUT2D eigenvalue weighted by molar-refractivity contribution is 0.0710. The fraction of sp³-hybridized carbons (Fsp3) is 0.276. The van der Waals surface area contributed by atoms with Crippen molar-refractivity contribution in [1.82, 2.24) is 19.7 Å². The average Bonchev–Trinajstić information content (AvgIpc) is 3.39. The zero-order chi connectivity index (χ0) is 23.3. The smallest absolute Gasteiger partial charge is 0.254 e. The molecule has 172 valence electrons. The molecule has 1 aliphatic heterocycles. The molecule has 2 aromatic carbocycles. The zero-order valence-electron chi connectivity index (χ0n) is 19.6. The molecule has 0 bridgehead atoms. The van der Waals surface area contributed by atoms with E-state index in [0.717, 1.165) is 54.9 Å². The highest BCUT2D eigenvalue weighted by molar-refractivity contribution is 5.95. The molecule has 0 spiro atoms. The Kier molecular flexibility index (Phi) is 6.52. The maximum atomic E-state index is 13.4. The van der Waals surface area contributed by atoms with Crippen molar-refractivity contribution in [1.29, 1.82) is 0 Å². The average molecular weight is 451 g/mol. The summed E-state index contributed by atoms with van der Waals surface area (Å²) in [5.41, 5.74) is 6.66. The Morgan fingerprint density at radius 1 is 0.912 bits per heavy atom. The molecule has 1 aliphatic rings. The summed E-state index contributed by atoms with van der Waals surface area (Å²) < 4.78 is 1.86. The van der Waals surface area contributed by atoms with Gasteiger partial charge in [0.1, 0.15) is 0 Å². The Balaban J connectivity index is 1.24. The lowest BCUT2D eigenvalue weighted by Gasteiger charge is -2.32. The molecule has 0 aliphatic carbocycles. The zero-order valence-corrected chi connectivity index (χ0v) is 19.6. The molecule has 5 heteroatoms. The number of carbonyl (C=O) groups is 1. The number of pyridine rings is 1. The number of aromatic nitrogens is 3. The normalized spacial score (nSPS) is 14.3. The quantitative estimate of drug-likeness (QED) is 0.403. The van der Waals surface area contributed by atoms with Crippen LogP contribution in [0.15, 0.2) is 85.2 Å². The van der Waals surface area contributed by atoms with E-state index < -0.39 is 0 Å². The van der Waals surface area contributed by atoms with Gasteiger partial charge in [0.25, 0.3) is 5.91 Å². The second-order valence-electron chi connectivity index (χ2n) is 9.08. The molecule has 2 aromatic heterocycles. The molecule has 1 amide bonds. The first kappa shape index (κ1) is 22.1. The monoisotopic (exact) mass is 450 g/mol. The number of piperidine rings is 1. The van der Waals surface area contributed by atoms with Crippen molar-refractivity contribution in [2.75, 3.05) is 13.1 Å². The molecule has 0 N–H and O–H groups in total. The SMILES string of the molecule is Cc1ccccc1Cc1cccc(C2CCN(C(=O)c3ccccc3Cn3cccn3)CC2)n1. The van der Waals surface area contributed by atoms with Gasteiger partial charge in [0.05, 0.1) is 6.54 Å². The van der Waals surface area contributed by atoms with E-state index in [1.54, 1.807) is 6.20 Å². The molecule has 4 aromatic rings. The molecule has 1 saturated heterocycles. The predicted molar refractivity (Wildman–Crippen MR) is 134 cm³/mol. The first-order valence-electron chi connectivity index (χ1n) is 12.0. The lowest BCUT2D eigenvalue weighted by Crippen LogP contribution is -2.38. The summed E-state index contributed by atoms with van der Waals surface area (Å²) in [7, 11) is 0. The van der Waals surface area contributed by atoms with E-state index in [1.807, 2.05) is 46.1 Å². The number of likely N-dealkylation sites (tertiary alicyclic amines) is 1. The van der Waals surface area contributed by atoms with Crippen LogP contribution in [0.3, 0.4) is 0 Å². The fourth-order valence-corrected chi connectivity index (χ4v) is 4.81. The van der Waals surface area contributed by atoms with E-state index in [-0.39, 0.29) is 5.91 Å². The number of nitrogens with zero attached hydrogens (tertiary/aromatic N) is 4. The molecule has 5 rings (SSSR count). The second kappa shape index (κ2) is 10.0. The summed E-state index contributed by atoms with van der Waals surface area (Å²) in [6.45, 7) is 4.26. The van der Waals surface area contributed by atoms with Crippen LogP contribution in [-0.4, -0.2) is 38.7 Å². The van der Waals surface area contributed by atoms with E-state index in [9.17, 15) is 4.79 Å². The van der Waals surface area contributed by atoms with Gasteiger partial charge in [-0.3, -0.25) is 14.5 Å². The highest BCUT2D eigenvalue weighted by Crippen LogP contribution is 2.28. The van der Waals surface area contributed by atoms with Crippen molar-refractivity contribution in [2.45, 2.75) is 38.6 Å². The van der Waals surface area contributed by atoms with E-state index in [2.05, 4.69) is 54.5 Å². The number of amides is 1. The summed E-state index contributed by atoms with van der Waals surface area (Å²) in [4.78, 5) is 20.4. The third kappa shape index (κ3) is 4.93. The molecule has 3 heterocycles. The first-order chi connectivity index (χ1) is 16.7. The standard InChI is InChI=1S/C29H30N4O/c1-22-8-2-3-9-24(22)20-26-11-6-13-28(31-26)23-14-18-32(19-15-23)29(34)27-12-5-4-10-25(27)21-33-17-7-16-30-33/h2-13,16-17,23H,14-15,18-21H2,1H3. The van der Waals surface area contributed by atoms with Gasteiger partial charge < -0.3 is 4.90 Å². The summed E-state index contributed by atoms with van der Waals surface area (Å²) in [5, 5.41) is 4.29. The highest BCUT2D eigenvalue weighted by atomic mass is 16.2. The van der Waals surface area contributed by atoms with Crippen LogP contribution >= 0.6 is 0 Å². The maximum Gasteiger partial charge on any atom is 0.254 e. The minimum Gasteiger partial charge on any atom is -0.339 e. The Labute approximate surface area is 201 Å². The van der Waals surface area contributed by atoms with Gasteiger partial charge in [0.15, 0.2) is 0 Å². The van der Waals surface area contributed by atoms with Crippen molar-refractivity contribution in [3.8, 4) is 0 Å². The molecule has 0 saturated carbocycles. The van der Waals surface area contributed by atoms with Crippen LogP contribution in [0.5, 0.6) is 0 Å². The maximum absolute atomic E-state index is 13.4. The van der Waals surface area contributed by atoms with Crippen LogP contribution in [0.2, 0.25) is 0 Å². The van der Waals surface area contributed by atoms with Gasteiger partial charge in [0, 0.05) is 54.8 Å². The Morgan fingerprint density at radius 3 is 2.44 bits per heavy atom. The van der Waals surface area contributed by atoms with E-state index in [1.165, 1.54) is 11.1 Å². The Bertz CT molecular complexity index is 1260. The van der Waals surface area contributed by atoms with Crippen LogP contribution in [0, 0.1) is 6.92 Å². The first-order valence-corrected chi connectivity index (χ1v) is 12.0. The molecule has 0 atom stereocenters. The number of rotatable bonds is 6. The third-order valence-electron chi connectivity index (χ3n) is 6.80. The third-order valence-corrected chi connectivity index (χ3v) is 6.80. The molecular weight excluding hydrogens is 420 g/mol. The van der Waals surface area contributed by atoms with E-state index in [4.69, 9.17) is 4.98 Å². The van der Waals surface area contributed by atoms with Gasteiger partial charge in [-0.1, -0.05) is 48.5 Å². The van der Waals surface area contributed by atoms with Gasteiger partial charge in [-0.15, -0.1) is 0 Å². The van der Waals surface area contributed by atoms with Gasteiger partial charge in [0.2, 0.25) is 0 Å². The molecule has 0 unspecified atom stereocenters. The van der Waals surface area contributed by atoms with Crippen molar-refractivity contribution >= 4 is 5.91 Å². The molecule has 5 nitrogen and oxygen atoms in total. The Hall–Kier alpha value is -3.73. The fourth-order valence-electron chi connectivity index (χ4n) is 4.81. The van der Waals surface area contributed by atoms with Crippen LogP contribution in [0.1, 0.15) is 57.2 Å². The van der Waals surface area contributed by atoms with Gasteiger partial charge >= 0.3 is 0 Å². The van der Waals surface area contributed by atoms with Gasteiger partial charge in [-0.05, 0) is 60.7 Å². The van der Waals surface area contributed by atoms with E-state index >= 15 is 0 Å². The highest BCUT2D eigenvalue weighted by Gasteiger charge is 2.26. The summed E-state index contributed by atoms with van der Waals surface area (Å²) in [6.07, 6.45) is 6.42. The minimum atomic E-state index is 0.113.